The molecule has 0 spiro atoms. The Kier molecular flexibility index (Phi) is 3.75. The Morgan fingerprint density at radius 2 is 2.58 bits per heavy atom. The molecular formula is C9H12N2S. The Bertz CT molecular complexity index is 248. The van der Waals surface area contributed by atoms with Crippen LogP contribution in [-0.2, 0) is 0 Å². The first-order chi connectivity index (χ1) is 5.88. The van der Waals surface area contributed by atoms with Crippen LogP contribution in [0.1, 0.15) is 37.1 Å². The van der Waals surface area contributed by atoms with E-state index in [4.69, 9.17) is 5.26 Å². The molecule has 0 amide bonds. The lowest BCUT2D eigenvalue weighted by molar-refractivity contribution is 0.622. The van der Waals surface area contributed by atoms with Crippen molar-refractivity contribution in [3.05, 3.63) is 16.6 Å². The molecule has 1 heterocycles. The molecule has 12 heavy (non-hydrogen) atoms. The van der Waals surface area contributed by atoms with Gasteiger partial charge in [-0.2, -0.15) is 5.26 Å². The maximum Gasteiger partial charge on any atom is 0.0966 e. The van der Waals surface area contributed by atoms with Crippen LogP contribution < -0.4 is 0 Å². The Labute approximate surface area is 76.9 Å². The van der Waals surface area contributed by atoms with E-state index in [1.54, 1.807) is 17.5 Å². The normalized spacial score (nSPS) is 12.3. The second kappa shape index (κ2) is 4.89. The van der Waals surface area contributed by atoms with Crippen LogP contribution in [-0.4, -0.2) is 4.98 Å². The monoisotopic (exact) mass is 180 g/mol. The van der Waals surface area contributed by atoms with E-state index in [1.165, 1.54) is 0 Å². The summed E-state index contributed by atoms with van der Waals surface area (Å²) in [5.41, 5.74) is 0. The second-order valence-corrected chi connectivity index (χ2v) is 3.64. The standard InChI is InChI=1S/C9H12N2S/c1-2-3-8(4-5-10)9-11-6-7-12-9/h6-8H,2-4H2,1H3. The van der Waals surface area contributed by atoms with Crippen molar-refractivity contribution >= 4 is 11.3 Å². The summed E-state index contributed by atoms with van der Waals surface area (Å²) in [6, 6.07) is 2.21. The Hall–Kier alpha value is -0.880. The summed E-state index contributed by atoms with van der Waals surface area (Å²) in [6.45, 7) is 2.14. The largest absolute Gasteiger partial charge is 0.249 e. The minimum atomic E-state index is 0.361. The van der Waals surface area contributed by atoms with Crippen LogP contribution in [0.3, 0.4) is 0 Å². The summed E-state index contributed by atoms with van der Waals surface area (Å²) in [7, 11) is 0. The zero-order valence-corrected chi connectivity index (χ0v) is 7.97. The van der Waals surface area contributed by atoms with Gasteiger partial charge in [-0.1, -0.05) is 13.3 Å². The summed E-state index contributed by atoms with van der Waals surface area (Å²) in [6.07, 6.45) is 4.59. The molecule has 1 aromatic rings. The highest BCUT2D eigenvalue weighted by molar-refractivity contribution is 7.09. The molecule has 1 unspecified atom stereocenters. The Morgan fingerprint density at radius 1 is 1.75 bits per heavy atom. The maximum atomic E-state index is 8.59. The van der Waals surface area contributed by atoms with E-state index in [2.05, 4.69) is 18.0 Å². The summed E-state index contributed by atoms with van der Waals surface area (Å²) in [5.74, 6) is 0.361. The third kappa shape index (κ3) is 2.31. The first-order valence-corrected chi connectivity index (χ1v) is 5.02. The third-order valence-corrected chi connectivity index (χ3v) is 2.71. The fourth-order valence-electron chi connectivity index (χ4n) is 1.21. The van der Waals surface area contributed by atoms with Gasteiger partial charge in [0.2, 0.25) is 0 Å². The highest BCUT2D eigenvalue weighted by Gasteiger charge is 2.11. The van der Waals surface area contributed by atoms with E-state index in [-0.39, 0.29) is 0 Å². The third-order valence-electron chi connectivity index (χ3n) is 1.78. The molecule has 0 aliphatic heterocycles. The van der Waals surface area contributed by atoms with Gasteiger partial charge < -0.3 is 0 Å². The van der Waals surface area contributed by atoms with E-state index in [0.717, 1.165) is 17.8 Å². The van der Waals surface area contributed by atoms with Crippen molar-refractivity contribution in [2.45, 2.75) is 32.1 Å². The lowest BCUT2D eigenvalue weighted by Crippen LogP contribution is -1.96. The minimum absolute atomic E-state index is 0.361. The van der Waals surface area contributed by atoms with Gasteiger partial charge in [0.1, 0.15) is 0 Å². The van der Waals surface area contributed by atoms with Crippen LogP contribution in [0.4, 0.5) is 0 Å². The molecule has 0 radical (unpaired) electrons. The fourth-order valence-corrected chi connectivity index (χ4v) is 1.98. The van der Waals surface area contributed by atoms with Crippen molar-refractivity contribution in [1.29, 1.82) is 5.26 Å². The number of aromatic nitrogens is 1. The summed E-state index contributed by atoms with van der Waals surface area (Å²) < 4.78 is 0. The number of rotatable bonds is 4. The number of thiazole rings is 1. The van der Waals surface area contributed by atoms with E-state index in [1.807, 2.05) is 5.38 Å². The number of hydrogen-bond donors (Lipinski definition) is 0. The highest BCUT2D eigenvalue weighted by Crippen LogP contribution is 2.25. The zero-order valence-electron chi connectivity index (χ0n) is 7.16. The van der Waals surface area contributed by atoms with Gasteiger partial charge in [-0.25, -0.2) is 4.98 Å². The van der Waals surface area contributed by atoms with Crippen molar-refractivity contribution in [3.63, 3.8) is 0 Å². The molecule has 0 aliphatic rings. The quantitative estimate of drug-likeness (QED) is 0.714. The Morgan fingerprint density at radius 3 is 3.08 bits per heavy atom. The molecule has 3 heteroatoms. The first kappa shape index (κ1) is 9.21. The minimum Gasteiger partial charge on any atom is -0.249 e. The van der Waals surface area contributed by atoms with Gasteiger partial charge in [0.15, 0.2) is 0 Å². The van der Waals surface area contributed by atoms with Gasteiger partial charge in [-0.05, 0) is 6.42 Å². The van der Waals surface area contributed by atoms with Crippen LogP contribution in [0.25, 0.3) is 0 Å². The molecule has 0 saturated heterocycles. The first-order valence-electron chi connectivity index (χ1n) is 4.14. The van der Waals surface area contributed by atoms with E-state index >= 15 is 0 Å². The average Bonchev–Trinajstić information content (AvgIpc) is 2.56. The van der Waals surface area contributed by atoms with Crippen LogP contribution in [0, 0.1) is 11.3 Å². The molecule has 64 valence electrons. The molecule has 0 aromatic carbocycles. The molecule has 0 fully saturated rings. The van der Waals surface area contributed by atoms with Crippen LogP contribution in [0.15, 0.2) is 11.6 Å². The number of nitriles is 1. The van der Waals surface area contributed by atoms with E-state index < -0.39 is 0 Å². The number of hydrogen-bond acceptors (Lipinski definition) is 3. The fraction of sp³-hybridized carbons (Fsp3) is 0.556. The SMILES string of the molecule is CCCC(CC#N)c1nccs1. The van der Waals surface area contributed by atoms with E-state index in [0.29, 0.717) is 12.3 Å². The molecule has 1 rings (SSSR count). The maximum absolute atomic E-state index is 8.59. The van der Waals surface area contributed by atoms with Gasteiger partial charge in [0.25, 0.3) is 0 Å². The topological polar surface area (TPSA) is 36.7 Å². The molecular weight excluding hydrogens is 168 g/mol. The van der Waals surface area contributed by atoms with E-state index in [9.17, 15) is 0 Å². The van der Waals surface area contributed by atoms with Crippen molar-refractivity contribution in [1.82, 2.24) is 4.98 Å². The molecule has 2 nitrogen and oxygen atoms in total. The van der Waals surface area contributed by atoms with Crippen molar-refractivity contribution in [3.8, 4) is 6.07 Å². The predicted molar refractivity (Wildman–Crippen MR) is 50.0 cm³/mol. The molecule has 1 atom stereocenters. The molecule has 0 saturated carbocycles. The van der Waals surface area contributed by atoms with Crippen LogP contribution >= 0.6 is 11.3 Å². The predicted octanol–water partition coefficient (Wildman–Crippen LogP) is 2.94. The van der Waals surface area contributed by atoms with Crippen molar-refractivity contribution in [2.75, 3.05) is 0 Å². The highest BCUT2D eigenvalue weighted by atomic mass is 32.1. The van der Waals surface area contributed by atoms with Crippen molar-refractivity contribution in [2.24, 2.45) is 0 Å². The van der Waals surface area contributed by atoms with Gasteiger partial charge in [-0.15, -0.1) is 11.3 Å². The lowest BCUT2D eigenvalue weighted by atomic mass is 10.0. The van der Waals surface area contributed by atoms with Gasteiger partial charge >= 0.3 is 0 Å². The second-order valence-electron chi connectivity index (χ2n) is 2.72. The van der Waals surface area contributed by atoms with Gasteiger partial charge in [0, 0.05) is 23.9 Å². The van der Waals surface area contributed by atoms with Crippen LogP contribution in [0.5, 0.6) is 0 Å². The zero-order chi connectivity index (χ0) is 8.81. The summed E-state index contributed by atoms with van der Waals surface area (Å²) in [4.78, 5) is 4.22. The van der Waals surface area contributed by atoms with Crippen LogP contribution in [0.2, 0.25) is 0 Å². The lowest BCUT2D eigenvalue weighted by Gasteiger charge is -2.07. The van der Waals surface area contributed by atoms with Gasteiger partial charge in [-0.3, -0.25) is 0 Å². The number of nitrogens with zero attached hydrogens (tertiary/aromatic N) is 2. The van der Waals surface area contributed by atoms with Crippen molar-refractivity contribution < 1.29 is 0 Å². The smallest absolute Gasteiger partial charge is 0.0966 e. The average molecular weight is 180 g/mol. The molecule has 0 aliphatic carbocycles. The Balaban J connectivity index is 2.61. The summed E-state index contributed by atoms with van der Waals surface area (Å²) in [5, 5.41) is 11.7. The molecule has 1 aromatic heterocycles. The molecule has 0 bridgehead atoms. The molecule has 0 N–H and O–H groups in total. The summed E-state index contributed by atoms with van der Waals surface area (Å²) >= 11 is 1.65. The van der Waals surface area contributed by atoms with Gasteiger partial charge in [0.05, 0.1) is 11.1 Å².